The molecule has 0 aliphatic carbocycles. The van der Waals surface area contributed by atoms with Gasteiger partial charge in [0.25, 0.3) is 5.91 Å². The molecule has 38 heavy (non-hydrogen) atoms. The summed E-state index contributed by atoms with van der Waals surface area (Å²) < 4.78 is 28.9. The Labute approximate surface area is 226 Å². The first-order valence-electron chi connectivity index (χ1n) is 12.1. The Balaban J connectivity index is 1.38. The minimum Gasteiger partial charge on any atom is -0.486 e. The van der Waals surface area contributed by atoms with Gasteiger partial charge in [0, 0.05) is 29.1 Å². The van der Waals surface area contributed by atoms with Crippen molar-refractivity contribution in [3.05, 3.63) is 75.2 Å². The summed E-state index contributed by atoms with van der Waals surface area (Å²) >= 11 is 7.41. The van der Waals surface area contributed by atoms with E-state index < -0.39 is 11.7 Å². The second-order valence-corrected chi connectivity index (χ2v) is 10.6. The maximum atomic E-state index is 15.9. The number of benzene rings is 2. The Morgan fingerprint density at radius 2 is 1.92 bits per heavy atom. The Morgan fingerprint density at radius 1 is 1.11 bits per heavy atom. The van der Waals surface area contributed by atoms with Crippen molar-refractivity contribution in [3.8, 4) is 22.8 Å². The number of nitrogens with one attached hydrogen (secondary N) is 1. The van der Waals surface area contributed by atoms with Crippen LogP contribution in [-0.2, 0) is 11.3 Å². The average Bonchev–Trinajstić information content (AvgIpc) is 3.65. The van der Waals surface area contributed by atoms with Crippen LogP contribution in [0.3, 0.4) is 0 Å². The zero-order valence-corrected chi connectivity index (χ0v) is 21.7. The fourth-order valence-corrected chi connectivity index (χ4v) is 5.60. The van der Waals surface area contributed by atoms with Crippen LogP contribution in [0.1, 0.15) is 28.1 Å². The first kappa shape index (κ1) is 24.4. The largest absolute Gasteiger partial charge is 0.486 e. The van der Waals surface area contributed by atoms with Crippen LogP contribution < -0.4 is 19.7 Å². The second-order valence-electron chi connectivity index (χ2n) is 8.81. The van der Waals surface area contributed by atoms with Crippen molar-refractivity contribution in [2.45, 2.75) is 19.4 Å². The zero-order chi connectivity index (χ0) is 26.2. The van der Waals surface area contributed by atoms with Crippen molar-refractivity contribution in [1.82, 2.24) is 9.78 Å². The molecular weight excluding hydrogens is 531 g/mol. The number of aromatic nitrogens is 2. The molecule has 2 aliphatic heterocycles. The van der Waals surface area contributed by atoms with Crippen molar-refractivity contribution in [2.24, 2.45) is 0 Å². The number of halogens is 2. The van der Waals surface area contributed by atoms with Gasteiger partial charge in [-0.05, 0) is 42.8 Å². The fraction of sp³-hybridized carbons (Fsp3) is 0.222. The number of ether oxygens (including phenoxy) is 2. The van der Waals surface area contributed by atoms with E-state index >= 15 is 4.39 Å². The molecule has 2 aromatic carbocycles. The van der Waals surface area contributed by atoms with Gasteiger partial charge >= 0.3 is 0 Å². The summed E-state index contributed by atoms with van der Waals surface area (Å²) in [5.74, 6) is -0.503. The molecule has 1 fully saturated rings. The topological polar surface area (TPSA) is 85.7 Å². The van der Waals surface area contributed by atoms with Gasteiger partial charge in [-0.1, -0.05) is 29.8 Å². The molecule has 194 valence electrons. The lowest BCUT2D eigenvalue weighted by molar-refractivity contribution is -0.117. The van der Waals surface area contributed by atoms with E-state index in [-0.39, 0.29) is 29.5 Å². The van der Waals surface area contributed by atoms with Crippen molar-refractivity contribution < 1.29 is 23.5 Å². The number of nitrogens with zero attached hydrogens (tertiary/aromatic N) is 3. The highest BCUT2D eigenvalue weighted by Crippen LogP contribution is 2.36. The zero-order valence-electron chi connectivity index (χ0n) is 20.1. The van der Waals surface area contributed by atoms with Gasteiger partial charge < -0.3 is 19.7 Å². The highest BCUT2D eigenvalue weighted by atomic mass is 35.5. The molecule has 4 aromatic rings. The van der Waals surface area contributed by atoms with Crippen molar-refractivity contribution in [3.63, 3.8) is 0 Å². The monoisotopic (exact) mass is 552 g/mol. The molecule has 0 bridgehead atoms. The summed E-state index contributed by atoms with van der Waals surface area (Å²) in [5.41, 5.74) is 1.43. The van der Waals surface area contributed by atoms with Crippen LogP contribution in [0.15, 0.2) is 54.6 Å². The maximum absolute atomic E-state index is 15.9. The number of anilines is 2. The van der Waals surface area contributed by atoms with Gasteiger partial charge in [-0.2, -0.15) is 9.78 Å². The summed E-state index contributed by atoms with van der Waals surface area (Å²) in [5, 5.41) is 7.42. The number of amides is 1. The van der Waals surface area contributed by atoms with E-state index in [0.717, 1.165) is 21.7 Å². The molecule has 4 heterocycles. The van der Waals surface area contributed by atoms with E-state index in [1.807, 2.05) is 6.07 Å². The predicted molar refractivity (Wildman–Crippen MR) is 143 cm³/mol. The average molecular weight is 553 g/mol. The lowest BCUT2D eigenvalue weighted by Crippen LogP contribution is -2.23. The summed E-state index contributed by atoms with van der Waals surface area (Å²) in [6.07, 6.45) is 1.33. The lowest BCUT2D eigenvalue weighted by atomic mass is 10.1. The van der Waals surface area contributed by atoms with E-state index in [9.17, 15) is 9.59 Å². The van der Waals surface area contributed by atoms with Gasteiger partial charge in [0.1, 0.15) is 18.9 Å². The first-order valence-corrected chi connectivity index (χ1v) is 13.3. The Morgan fingerprint density at radius 3 is 2.66 bits per heavy atom. The lowest BCUT2D eigenvalue weighted by Gasteiger charge is -2.20. The van der Waals surface area contributed by atoms with Crippen LogP contribution in [0.4, 0.5) is 15.9 Å². The summed E-state index contributed by atoms with van der Waals surface area (Å²) in [7, 11) is 0. The highest BCUT2D eigenvalue weighted by Gasteiger charge is 2.28. The van der Waals surface area contributed by atoms with Crippen LogP contribution in [-0.4, -0.2) is 41.4 Å². The Bertz CT molecular complexity index is 1530. The van der Waals surface area contributed by atoms with Gasteiger partial charge in [0.05, 0.1) is 16.4 Å². The SMILES string of the molecule is O=C1CCCN1c1ccc(-c2nn(C(=O)c3cccc4c3OCCO4)c(NCc3ccc(Cl)s3)c2F)cc1. The van der Waals surface area contributed by atoms with Crippen molar-refractivity contribution in [2.75, 3.05) is 30.0 Å². The molecule has 0 saturated carbocycles. The van der Waals surface area contributed by atoms with Crippen molar-refractivity contribution >= 4 is 46.3 Å². The number of rotatable bonds is 6. The van der Waals surface area contributed by atoms with E-state index in [1.165, 1.54) is 11.3 Å². The molecular formula is C27H22ClFN4O4S. The summed E-state index contributed by atoms with van der Waals surface area (Å²) in [4.78, 5) is 28.4. The number of para-hydroxylation sites is 1. The molecule has 8 nitrogen and oxygen atoms in total. The third-order valence-electron chi connectivity index (χ3n) is 6.40. The second kappa shape index (κ2) is 10.1. The van der Waals surface area contributed by atoms with Gasteiger partial charge in [-0.25, -0.2) is 4.39 Å². The quantitative estimate of drug-likeness (QED) is 0.335. The number of hydrogen-bond acceptors (Lipinski definition) is 7. The molecule has 0 atom stereocenters. The summed E-state index contributed by atoms with van der Waals surface area (Å²) in [6.45, 7) is 1.57. The van der Waals surface area contributed by atoms with Gasteiger partial charge in [-0.3, -0.25) is 9.59 Å². The van der Waals surface area contributed by atoms with E-state index in [1.54, 1.807) is 53.4 Å². The molecule has 11 heteroatoms. The van der Waals surface area contributed by atoms with Crippen LogP contribution in [0.5, 0.6) is 11.5 Å². The number of hydrogen-bond donors (Lipinski definition) is 1. The summed E-state index contributed by atoms with van der Waals surface area (Å²) in [6, 6.07) is 15.5. The van der Waals surface area contributed by atoms with Gasteiger partial charge in [0.2, 0.25) is 5.91 Å². The van der Waals surface area contributed by atoms with Crippen molar-refractivity contribution in [1.29, 1.82) is 0 Å². The van der Waals surface area contributed by atoms with Crippen LogP contribution in [0, 0.1) is 5.82 Å². The first-order chi connectivity index (χ1) is 18.5. The molecule has 2 aromatic heterocycles. The molecule has 6 rings (SSSR count). The molecule has 0 unspecified atom stereocenters. The van der Waals surface area contributed by atoms with Crippen LogP contribution >= 0.6 is 22.9 Å². The van der Waals surface area contributed by atoms with E-state index in [0.29, 0.717) is 47.6 Å². The smallest absolute Gasteiger partial charge is 0.284 e. The third-order valence-corrected chi connectivity index (χ3v) is 7.63. The number of carbonyl (C=O) groups excluding carboxylic acids is 2. The van der Waals surface area contributed by atoms with Crippen LogP contribution in [0.25, 0.3) is 11.3 Å². The number of fused-ring (bicyclic) bond motifs is 1. The third kappa shape index (κ3) is 4.50. The minimum atomic E-state index is -0.673. The maximum Gasteiger partial charge on any atom is 0.284 e. The molecule has 1 amide bonds. The molecule has 1 saturated heterocycles. The van der Waals surface area contributed by atoms with Gasteiger partial charge in [-0.15, -0.1) is 11.3 Å². The van der Waals surface area contributed by atoms with Crippen LogP contribution in [0.2, 0.25) is 4.34 Å². The molecule has 0 spiro atoms. The molecule has 1 N–H and O–H groups in total. The van der Waals surface area contributed by atoms with E-state index in [4.69, 9.17) is 21.1 Å². The number of carbonyl (C=O) groups is 2. The molecule has 0 radical (unpaired) electrons. The van der Waals surface area contributed by atoms with Gasteiger partial charge in [0.15, 0.2) is 23.1 Å². The predicted octanol–water partition coefficient (Wildman–Crippen LogP) is 5.60. The highest BCUT2D eigenvalue weighted by molar-refractivity contribution is 7.16. The fourth-order valence-electron chi connectivity index (χ4n) is 4.58. The standard InChI is InChI=1S/C27H22ClFN4O4S/c28-21-11-10-18(38-21)15-30-26-23(29)24(16-6-8-17(9-7-16)32-12-2-5-22(32)34)31-33(26)27(35)19-3-1-4-20-25(19)37-14-13-36-20/h1,3-4,6-11,30H,2,5,12-15H2. The Hall–Kier alpha value is -3.89. The normalized spacial score (nSPS) is 14.7. The Kier molecular flexibility index (Phi) is 6.50. The number of thiophene rings is 1. The minimum absolute atomic E-state index is 0.00586. The molecule has 2 aliphatic rings. The van der Waals surface area contributed by atoms with E-state index in [2.05, 4.69) is 10.4 Å².